The molecule has 2 fully saturated rings. The summed E-state index contributed by atoms with van der Waals surface area (Å²) in [5.41, 5.74) is -0.459. The number of amides is 1. The summed E-state index contributed by atoms with van der Waals surface area (Å²) in [7, 11) is 3.88. The molecule has 2 heterocycles. The standard InChI is InChI=1S/C16H31N3O3/c1-16(2,3)22-15(20)19-10-13(14(11-19)21-5)17-12-6-8-18(4)9-7-12/h12-14,17H,6-11H2,1-5H3/t13?,14-/m0/s1. The van der Waals surface area contributed by atoms with Gasteiger partial charge in [0.25, 0.3) is 0 Å². The Labute approximate surface area is 134 Å². The van der Waals surface area contributed by atoms with E-state index in [1.54, 1.807) is 12.0 Å². The maximum atomic E-state index is 12.2. The molecule has 1 unspecified atom stereocenters. The first-order valence-corrected chi connectivity index (χ1v) is 8.24. The first kappa shape index (κ1) is 17.5. The second-order valence-corrected chi connectivity index (χ2v) is 7.51. The minimum atomic E-state index is -0.459. The van der Waals surface area contributed by atoms with E-state index in [1.165, 1.54) is 0 Å². The van der Waals surface area contributed by atoms with Crippen LogP contribution in [-0.4, -0.2) is 80.0 Å². The van der Waals surface area contributed by atoms with Gasteiger partial charge in [0.05, 0.1) is 18.7 Å². The van der Waals surface area contributed by atoms with Crippen molar-refractivity contribution in [1.82, 2.24) is 15.1 Å². The van der Waals surface area contributed by atoms with E-state index in [-0.39, 0.29) is 18.2 Å². The number of methoxy groups -OCH3 is 1. The van der Waals surface area contributed by atoms with Gasteiger partial charge >= 0.3 is 6.09 Å². The van der Waals surface area contributed by atoms with Crippen LogP contribution in [-0.2, 0) is 9.47 Å². The number of piperidine rings is 1. The molecule has 22 heavy (non-hydrogen) atoms. The van der Waals surface area contributed by atoms with Crippen molar-refractivity contribution in [3.8, 4) is 0 Å². The molecule has 0 spiro atoms. The molecule has 0 aromatic rings. The SMILES string of the molecule is CO[C@H]1CN(C(=O)OC(C)(C)C)CC1NC1CCN(C)CC1. The normalized spacial score (nSPS) is 28.1. The Bertz CT molecular complexity index is 375. The Balaban J connectivity index is 1.88. The van der Waals surface area contributed by atoms with Crippen LogP contribution in [0.4, 0.5) is 4.79 Å². The van der Waals surface area contributed by atoms with E-state index in [9.17, 15) is 4.79 Å². The van der Waals surface area contributed by atoms with Gasteiger partial charge in [0.15, 0.2) is 0 Å². The highest BCUT2D eigenvalue weighted by Crippen LogP contribution is 2.19. The van der Waals surface area contributed by atoms with Crippen molar-refractivity contribution < 1.29 is 14.3 Å². The number of nitrogens with one attached hydrogen (secondary N) is 1. The molecule has 128 valence electrons. The highest BCUT2D eigenvalue weighted by molar-refractivity contribution is 5.68. The Kier molecular flexibility index (Phi) is 5.69. The van der Waals surface area contributed by atoms with Gasteiger partial charge in [0.1, 0.15) is 5.60 Å². The van der Waals surface area contributed by atoms with Crippen LogP contribution in [0.25, 0.3) is 0 Å². The van der Waals surface area contributed by atoms with Gasteiger partial charge in [-0.25, -0.2) is 4.79 Å². The van der Waals surface area contributed by atoms with Crippen LogP contribution in [0.3, 0.4) is 0 Å². The molecule has 6 heteroatoms. The van der Waals surface area contributed by atoms with Crippen molar-refractivity contribution in [3.05, 3.63) is 0 Å². The second kappa shape index (κ2) is 7.15. The fourth-order valence-electron chi connectivity index (χ4n) is 3.13. The van der Waals surface area contributed by atoms with Crippen molar-refractivity contribution in [2.75, 3.05) is 40.3 Å². The lowest BCUT2D eigenvalue weighted by molar-refractivity contribution is 0.0252. The van der Waals surface area contributed by atoms with Gasteiger partial charge in [-0.2, -0.15) is 0 Å². The number of hydrogen-bond acceptors (Lipinski definition) is 5. The van der Waals surface area contributed by atoms with Gasteiger partial charge in [-0.15, -0.1) is 0 Å². The Morgan fingerprint density at radius 3 is 2.36 bits per heavy atom. The van der Waals surface area contributed by atoms with Crippen LogP contribution in [0.1, 0.15) is 33.6 Å². The van der Waals surface area contributed by atoms with Crippen LogP contribution < -0.4 is 5.32 Å². The van der Waals surface area contributed by atoms with Crippen molar-refractivity contribution in [2.45, 2.75) is 57.4 Å². The van der Waals surface area contributed by atoms with Crippen LogP contribution in [0.2, 0.25) is 0 Å². The van der Waals surface area contributed by atoms with Crippen molar-refractivity contribution >= 4 is 6.09 Å². The van der Waals surface area contributed by atoms with E-state index >= 15 is 0 Å². The predicted octanol–water partition coefficient (Wildman–Crippen LogP) is 1.30. The van der Waals surface area contributed by atoms with Crippen molar-refractivity contribution in [1.29, 1.82) is 0 Å². The Hall–Kier alpha value is -0.850. The minimum absolute atomic E-state index is 0.0344. The number of carbonyl (C=O) groups excluding carboxylic acids is 1. The molecule has 2 aliphatic rings. The number of carbonyl (C=O) groups is 1. The molecule has 1 amide bonds. The molecule has 6 nitrogen and oxygen atoms in total. The van der Waals surface area contributed by atoms with Gasteiger partial charge < -0.3 is 24.6 Å². The van der Waals surface area contributed by atoms with Gasteiger partial charge in [-0.3, -0.25) is 0 Å². The van der Waals surface area contributed by atoms with E-state index in [1.807, 2.05) is 20.8 Å². The van der Waals surface area contributed by atoms with E-state index in [2.05, 4.69) is 17.3 Å². The summed E-state index contributed by atoms with van der Waals surface area (Å²) >= 11 is 0. The summed E-state index contributed by atoms with van der Waals surface area (Å²) < 4.78 is 11.0. The number of nitrogens with zero attached hydrogens (tertiary/aromatic N) is 2. The smallest absolute Gasteiger partial charge is 0.410 e. The topological polar surface area (TPSA) is 54.0 Å². The van der Waals surface area contributed by atoms with Gasteiger partial charge in [0, 0.05) is 19.7 Å². The zero-order valence-corrected chi connectivity index (χ0v) is 14.6. The summed E-state index contributed by atoms with van der Waals surface area (Å²) in [4.78, 5) is 16.3. The van der Waals surface area contributed by atoms with Gasteiger partial charge in [-0.1, -0.05) is 0 Å². The Morgan fingerprint density at radius 1 is 1.18 bits per heavy atom. The third-order valence-corrected chi connectivity index (χ3v) is 4.39. The lowest BCUT2D eigenvalue weighted by atomic mass is 10.0. The summed E-state index contributed by atoms with van der Waals surface area (Å²) in [6, 6.07) is 0.698. The molecule has 2 saturated heterocycles. The van der Waals surface area contributed by atoms with Gasteiger partial charge in [-0.05, 0) is 53.8 Å². The zero-order valence-electron chi connectivity index (χ0n) is 14.6. The minimum Gasteiger partial charge on any atom is -0.444 e. The quantitative estimate of drug-likeness (QED) is 0.851. The fraction of sp³-hybridized carbons (Fsp3) is 0.938. The highest BCUT2D eigenvalue weighted by Gasteiger charge is 2.38. The molecule has 0 radical (unpaired) electrons. The molecule has 2 aliphatic heterocycles. The molecule has 0 bridgehead atoms. The Morgan fingerprint density at radius 2 is 1.82 bits per heavy atom. The third-order valence-electron chi connectivity index (χ3n) is 4.39. The van der Waals surface area contributed by atoms with Crippen LogP contribution in [0.15, 0.2) is 0 Å². The molecule has 0 aromatic heterocycles. The summed E-state index contributed by atoms with van der Waals surface area (Å²) in [6.45, 7) is 9.17. The number of likely N-dealkylation sites (tertiary alicyclic amines) is 2. The summed E-state index contributed by atoms with van der Waals surface area (Å²) in [6.07, 6.45) is 2.08. The lowest BCUT2D eigenvalue weighted by Gasteiger charge is -2.32. The predicted molar refractivity (Wildman–Crippen MR) is 86.0 cm³/mol. The van der Waals surface area contributed by atoms with Crippen LogP contribution >= 0.6 is 0 Å². The van der Waals surface area contributed by atoms with Crippen LogP contribution in [0.5, 0.6) is 0 Å². The van der Waals surface area contributed by atoms with Crippen LogP contribution in [0, 0.1) is 0 Å². The number of hydrogen-bond donors (Lipinski definition) is 1. The lowest BCUT2D eigenvalue weighted by Crippen LogP contribution is -2.49. The van der Waals surface area contributed by atoms with Crippen molar-refractivity contribution in [3.63, 3.8) is 0 Å². The largest absolute Gasteiger partial charge is 0.444 e. The zero-order chi connectivity index (χ0) is 16.3. The second-order valence-electron chi connectivity index (χ2n) is 7.51. The maximum absolute atomic E-state index is 12.2. The highest BCUT2D eigenvalue weighted by atomic mass is 16.6. The number of rotatable bonds is 3. The first-order valence-electron chi connectivity index (χ1n) is 8.24. The molecular formula is C16H31N3O3. The van der Waals surface area contributed by atoms with Crippen molar-refractivity contribution in [2.24, 2.45) is 0 Å². The molecule has 1 N–H and O–H groups in total. The average molecular weight is 313 g/mol. The van der Waals surface area contributed by atoms with E-state index < -0.39 is 5.60 Å². The molecule has 0 saturated carbocycles. The molecular weight excluding hydrogens is 282 g/mol. The summed E-state index contributed by atoms with van der Waals surface area (Å²) in [5.74, 6) is 0. The summed E-state index contributed by atoms with van der Waals surface area (Å²) in [5, 5.41) is 3.69. The van der Waals surface area contributed by atoms with E-state index in [4.69, 9.17) is 9.47 Å². The third kappa shape index (κ3) is 4.83. The monoisotopic (exact) mass is 313 g/mol. The van der Waals surface area contributed by atoms with Gasteiger partial charge in [0.2, 0.25) is 0 Å². The maximum Gasteiger partial charge on any atom is 0.410 e. The van der Waals surface area contributed by atoms with E-state index in [0.29, 0.717) is 19.1 Å². The van der Waals surface area contributed by atoms with E-state index in [0.717, 1.165) is 25.9 Å². The molecule has 2 rings (SSSR count). The number of ether oxygens (including phenoxy) is 2. The molecule has 0 aliphatic carbocycles. The average Bonchev–Trinajstić information content (AvgIpc) is 2.83. The fourth-order valence-corrected chi connectivity index (χ4v) is 3.13. The molecule has 0 aromatic carbocycles. The first-order chi connectivity index (χ1) is 10.3. The molecule has 2 atom stereocenters.